The zero-order chi connectivity index (χ0) is 20.4. The number of carbonyl (C=O) groups is 2. The number of pyridine rings is 1. The van der Waals surface area contributed by atoms with Gasteiger partial charge in [-0.25, -0.2) is 0 Å². The number of hydrogen-bond donors (Lipinski definition) is 1. The fourth-order valence-corrected chi connectivity index (χ4v) is 4.70. The normalized spacial score (nSPS) is 19.9. The van der Waals surface area contributed by atoms with Gasteiger partial charge in [0.1, 0.15) is 0 Å². The van der Waals surface area contributed by atoms with Crippen LogP contribution in [0, 0.1) is 12.8 Å². The van der Waals surface area contributed by atoms with Crippen LogP contribution in [0.4, 0.5) is 5.69 Å². The fraction of sp³-hybridized carbons (Fsp3) is 0.261. The van der Waals surface area contributed by atoms with Gasteiger partial charge in [-0.3, -0.25) is 14.6 Å². The van der Waals surface area contributed by atoms with Crippen molar-refractivity contribution < 1.29 is 9.59 Å². The van der Waals surface area contributed by atoms with Crippen LogP contribution in [-0.2, 0) is 9.59 Å². The molecule has 3 unspecified atom stereocenters. The number of nitrogens with zero attached hydrogens (tertiary/aromatic N) is 2. The number of aryl methyl sites for hydroxylation is 1. The first kappa shape index (κ1) is 19.3. The largest absolute Gasteiger partial charge is 0.349 e. The molecule has 1 fully saturated rings. The Labute approximate surface area is 174 Å². The predicted octanol–water partition coefficient (Wildman–Crippen LogP) is 4.42. The Morgan fingerprint density at radius 1 is 1.17 bits per heavy atom. The van der Waals surface area contributed by atoms with Gasteiger partial charge in [0.05, 0.1) is 18.0 Å². The SMILES string of the molecule is Cc1ccc(N2C(=O)CC(C(=O)NC(C)c3ccncc3)C2c2cccs2)cc1. The van der Waals surface area contributed by atoms with Crippen molar-refractivity contribution >= 4 is 28.8 Å². The highest BCUT2D eigenvalue weighted by atomic mass is 32.1. The summed E-state index contributed by atoms with van der Waals surface area (Å²) in [6, 6.07) is 15.2. The van der Waals surface area contributed by atoms with E-state index < -0.39 is 5.92 Å². The maximum Gasteiger partial charge on any atom is 0.228 e. The molecule has 1 aliphatic heterocycles. The first-order valence-electron chi connectivity index (χ1n) is 9.67. The van der Waals surface area contributed by atoms with E-state index in [0.29, 0.717) is 0 Å². The summed E-state index contributed by atoms with van der Waals surface area (Å²) in [5.74, 6) is -0.564. The maximum absolute atomic E-state index is 13.2. The average Bonchev–Trinajstić information content (AvgIpc) is 3.37. The van der Waals surface area contributed by atoms with Gasteiger partial charge in [0, 0.05) is 29.4 Å². The third-order valence-corrected chi connectivity index (χ3v) is 6.31. The second kappa shape index (κ2) is 8.17. The van der Waals surface area contributed by atoms with E-state index in [2.05, 4.69) is 10.3 Å². The quantitative estimate of drug-likeness (QED) is 0.683. The van der Waals surface area contributed by atoms with Gasteiger partial charge in [0.25, 0.3) is 0 Å². The van der Waals surface area contributed by atoms with Crippen LogP contribution in [0.1, 0.15) is 41.4 Å². The van der Waals surface area contributed by atoms with E-state index in [9.17, 15) is 9.59 Å². The van der Waals surface area contributed by atoms with E-state index in [1.54, 1.807) is 28.6 Å². The molecule has 3 aromatic rings. The standard InChI is InChI=1S/C23H23N3O2S/c1-15-5-7-18(8-6-15)26-21(27)14-19(22(26)20-4-3-13-29-20)23(28)25-16(2)17-9-11-24-12-10-17/h3-13,16,19,22H,14H2,1-2H3,(H,25,28). The van der Waals surface area contributed by atoms with Crippen molar-refractivity contribution in [3.05, 3.63) is 82.3 Å². The summed E-state index contributed by atoms with van der Waals surface area (Å²) >= 11 is 1.58. The van der Waals surface area contributed by atoms with Crippen LogP contribution in [0.2, 0.25) is 0 Å². The lowest BCUT2D eigenvalue weighted by Crippen LogP contribution is -2.36. The maximum atomic E-state index is 13.2. The summed E-state index contributed by atoms with van der Waals surface area (Å²) in [6.07, 6.45) is 3.63. The first-order valence-corrected chi connectivity index (χ1v) is 10.5. The van der Waals surface area contributed by atoms with Crippen LogP contribution in [0.5, 0.6) is 0 Å². The van der Waals surface area contributed by atoms with Crippen LogP contribution in [-0.4, -0.2) is 16.8 Å². The number of carbonyl (C=O) groups excluding carboxylic acids is 2. The van der Waals surface area contributed by atoms with Crippen LogP contribution in [0.25, 0.3) is 0 Å². The molecule has 0 spiro atoms. The summed E-state index contributed by atoms with van der Waals surface area (Å²) < 4.78 is 0. The zero-order valence-corrected chi connectivity index (χ0v) is 17.2. The van der Waals surface area contributed by atoms with Gasteiger partial charge < -0.3 is 10.2 Å². The molecule has 1 saturated heterocycles. The molecular weight excluding hydrogens is 382 g/mol. The summed E-state index contributed by atoms with van der Waals surface area (Å²) in [7, 11) is 0. The highest BCUT2D eigenvalue weighted by molar-refractivity contribution is 7.10. The molecule has 0 saturated carbocycles. The second-order valence-electron chi connectivity index (χ2n) is 7.38. The molecule has 148 valence electrons. The van der Waals surface area contributed by atoms with Gasteiger partial charge in [-0.2, -0.15) is 0 Å². The number of aromatic nitrogens is 1. The van der Waals surface area contributed by atoms with Gasteiger partial charge in [-0.15, -0.1) is 11.3 Å². The van der Waals surface area contributed by atoms with Crippen molar-refractivity contribution in [2.75, 3.05) is 4.90 Å². The molecule has 6 heteroatoms. The minimum atomic E-state index is -0.438. The highest BCUT2D eigenvalue weighted by Gasteiger charge is 2.45. The number of rotatable bonds is 5. The van der Waals surface area contributed by atoms with Gasteiger partial charge in [-0.1, -0.05) is 23.8 Å². The molecule has 0 aliphatic carbocycles. The lowest BCUT2D eigenvalue weighted by molar-refractivity contribution is -0.127. The molecule has 1 N–H and O–H groups in total. The van der Waals surface area contributed by atoms with Crippen molar-refractivity contribution in [3.8, 4) is 0 Å². The molecule has 5 nitrogen and oxygen atoms in total. The van der Waals surface area contributed by atoms with E-state index in [0.717, 1.165) is 21.7 Å². The second-order valence-corrected chi connectivity index (χ2v) is 8.36. The van der Waals surface area contributed by atoms with Gasteiger partial charge in [0.15, 0.2) is 0 Å². The summed E-state index contributed by atoms with van der Waals surface area (Å²) in [4.78, 5) is 33.0. The van der Waals surface area contributed by atoms with Crippen molar-refractivity contribution in [2.45, 2.75) is 32.4 Å². The van der Waals surface area contributed by atoms with Crippen molar-refractivity contribution in [3.63, 3.8) is 0 Å². The lowest BCUT2D eigenvalue weighted by atomic mass is 9.96. The van der Waals surface area contributed by atoms with Crippen LogP contribution >= 0.6 is 11.3 Å². The fourth-order valence-electron chi connectivity index (χ4n) is 3.82. The van der Waals surface area contributed by atoms with Gasteiger partial charge in [-0.05, 0) is 55.1 Å². The zero-order valence-electron chi connectivity index (χ0n) is 16.4. The van der Waals surface area contributed by atoms with Crippen molar-refractivity contribution in [1.29, 1.82) is 0 Å². The summed E-state index contributed by atoms with van der Waals surface area (Å²) in [5.41, 5.74) is 2.95. The monoisotopic (exact) mass is 405 g/mol. The van der Waals surface area contributed by atoms with E-state index >= 15 is 0 Å². The minimum Gasteiger partial charge on any atom is -0.349 e. The summed E-state index contributed by atoms with van der Waals surface area (Å²) in [5, 5.41) is 5.08. The van der Waals surface area contributed by atoms with E-state index in [1.807, 2.05) is 67.8 Å². The lowest BCUT2D eigenvalue weighted by Gasteiger charge is -2.28. The predicted molar refractivity (Wildman–Crippen MR) is 115 cm³/mol. The topological polar surface area (TPSA) is 62.3 Å². The van der Waals surface area contributed by atoms with Crippen LogP contribution in [0.15, 0.2) is 66.3 Å². The Bertz CT molecular complexity index is 987. The molecule has 1 aliphatic rings. The summed E-state index contributed by atoms with van der Waals surface area (Å²) in [6.45, 7) is 3.96. The number of nitrogens with one attached hydrogen (secondary N) is 1. The Morgan fingerprint density at radius 3 is 2.55 bits per heavy atom. The first-order chi connectivity index (χ1) is 14.0. The average molecular weight is 406 g/mol. The number of hydrogen-bond acceptors (Lipinski definition) is 4. The van der Waals surface area contributed by atoms with Crippen LogP contribution in [0.3, 0.4) is 0 Å². The Balaban J connectivity index is 1.63. The molecule has 1 aromatic carbocycles. The van der Waals surface area contributed by atoms with Gasteiger partial charge in [0.2, 0.25) is 11.8 Å². The molecule has 2 aromatic heterocycles. The number of benzene rings is 1. The molecule has 4 rings (SSSR count). The molecule has 2 amide bonds. The van der Waals surface area contributed by atoms with Gasteiger partial charge >= 0.3 is 0 Å². The molecule has 3 heterocycles. The van der Waals surface area contributed by atoms with Crippen LogP contribution < -0.4 is 10.2 Å². The van der Waals surface area contributed by atoms with E-state index in [4.69, 9.17) is 0 Å². The minimum absolute atomic E-state index is 0.0241. The molecular formula is C23H23N3O2S. The number of anilines is 1. The molecule has 0 bridgehead atoms. The third kappa shape index (κ3) is 3.93. The smallest absolute Gasteiger partial charge is 0.228 e. The molecule has 0 radical (unpaired) electrons. The van der Waals surface area contributed by atoms with E-state index in [-0.39, 0.29) is 30.3 Å². The van der Waals surface area contributed by atoms with Crippen molar-refractivity contribution in [1.82, 2.24) is 10.3 Å². The molecule has 3 atom stereocenters. The Hall–Kier alpha value is -2.99. The third-order valence-electron chi connectivity index (χ3n) is 5.37. The van der Waals surface area contributed by atoms with E-state index in [1.165, 1.54) is 0 Å². The highest BCUT2D eigenvalue weighted by Crippen LogP contribution is 2.43. The number of amides is 2. The van der Waals surface area contributed by atoms with Crippen molar-refractivity contribution in [2.24, 2.45) is 5.92 Å². The number of thiophene rings is 1. The molecule has 29 heavy (non-hydrogen) atoms. The Kier molecular flexibility index (Phi) is 5.45. The Morgan fingerprint density at radius 2 is 1.90 bits per heavy atom.